The summed E-state index contributed by atoms with van der Waals surface area (Å²) in [6.07, 6.45) is 1.98. The van der Waals surface area contributed by atoms with Crippen molar-refractivity contribution in [2.75, 3.05) is 14.2 Å². The van der Waals surface area contributed by atoms with Gasteiger partial charge in [-0.15, -0.1) is 0 Å². The Morgan fingerprint density at radius 3 is 2.33 bits per heavy atom. The van der Waals surface area contributed by atoms with Crippen LogP contribution >= 0.6 is 0 Å². The highest BCUT2D eigenvalue weighted by Gasteiger charge is 2.54. The van der Waals surface area contributed by atoms with E-state index in [1.807, 2.05) is 6.92 Å². The van der Waals surface area contributed by atoms with Crippen LogP contribution in [0.3, 0.4) is 0 Å². The molecule has 7 N–H and O–H groups in total. The topological polar surface area (TPSA) is 115 Å². The number of nitrogens with one attached hydrogen (secondary N) is 3. The Labute approximate surface area is 231 Å². The first-order chi connectivity index (χ1) is 18.3. The molecule has 4 aliphatic rings. The van der Waals surface area contributed by atoms with Crippen molar-refractivity contribution >= 4 is 0 Å². The lowest BCUT2D eigenvalue weighted by atomic mass is 9.68. The summed E-state index contributed by atoms with van der Waals surface area (Å²) in [5, 5.41) is 31.8. The average Bonchev–Trinajstić information content (AvgIpc) is 3.18. The number of nitrogens with zero attached hydrogens (tertiary/aromatic N) is 1. The molecule has 3 aliphatic carbocycles. The second-order valence-corrected chi connectivity index (χ2v) is 13.3. The molecule has 39 heavy (non-hydrogen) atoms. The van der Waals surface area contributed by atoms with Gasteiger partial charge in [-0.1, -0.05) is 19.8 Å². The van der Waals surface area contributed by atoms with Crippen LogP contribution in [0, 0.1) is 41.4 Å². The number of aliphatic hydroxyl groups is 1. The molecule has 4 fully saturated rings. The Hall–Kier alpha value is -0.530. The zero-order valence-corrected chi connectivity index (χ0v) is 24.2. The van der Waals surface area contributed by atoms with Gasteiger partial charge in [0.15, 0.2) is 0 Å². The van der Waals surface area contributed by atoms with Crippen LogP contribution in [0.2, 0.25) is 0 Å². The summed E-state index contributed by atoms with van der Waals surface area (Å²) < 4.78 is 46.9. The molecule has 1 aliphatic heterocycles. The van der Waals surface area contributed by atoms with E-state index in [9.17, 15) is 23.5 Å². The van der Waals surface area contributed by atoms with Crippen LogP contribution in [0.15, 0.2) is 0 Å². The van der Waals surface area contributed by atoms with E-state index in [1.54, 1.807) is 14.0 Å². The van der Waals surface area contributed by atoms with Crippen LogP contribution in [0.4, 0.5) is 13.2 Å². The predicted molar refractivity (Wildman–Crippen MR) is 143 cm³/mol. The van der Waals surface area contributed by atoms with Crippen molar-refractivity contribution in [1.29, 1.82) is 0 Å². The highest BCUT2D eigenvalue weighted by atomic mass is 19.4. The molecule has 8 nitrogen and oxygen atoms in total. The Morgan fingerprint density at radius 2 is 1.77 bits per heavy atom. The van der Waals surface area contributed by atoms with Crippen molar-refractivity contribution in [3.05, 3.63) is 0 Å². The number of methoxy groups -OCH3 is 1. The van der Waals surface area contributed by atoms with Crippen LogP contribution in [-0.4, -0.2) is 78.5 Å². The van der Waals surface area contributed by atoms with Gasteiger partial charge < -0.3 is 20.8 Å². The minimum atomic E-state index is -4.21. The second-order valence-electron chi connectivity index (χ2n) is 13.3. The molecular formula is C28H52F3N5O3. The van der Waals surface area contributed by atoms with Gasteiger partial charge in [-0.05, 0) is 76.0 Å². The Kier molecular flexibility index (Phi) is 10.3. The summed E-state index contributed by atoms with van der Waals surface area (Å²) in [4.78, 5) is 0. The Balaban J connectivity index is 1.40. The van der Waals surface area contributed by atoms with Gasteiger partial charge >= 0.3 is 6.18 Å². The number of ether oxygens (including phenoxy) is 1. The first kappa shape index (κ1) is 31.4. The average molecular weight is 564 g/mol. The largest absolute Gasteiger partial charge is 0.392 e. The number of nitrogens with two attached hydrogens (primary N) is 1. The number of hydroxylamine groups is 2. The molecular weight excluding hydrogens is 511 g/mol. The van der Waals surface area contributed by atoms with E-state index in [4.69, 9.17) is 10.5 Å². The van der Waals surface area contributed by atoms with Crippen LogP contribution in [-0.2, 0) is 4.74 Å². The summed E-state index contributed by atoms with van der Waals surface area (Å²) in [6.45, 7) is 5.79. The standard InChI is InChI=1S/C28H52F3N5O3/c1-14-21(28(29,30)31)12-22(32)25(14)15(2)33-26-20-11-19(24(39-5)13-23(20)34-16(3)35-26)10-17-6-8-18(9-7-17)27(37)36(4)38/h14-27,33-35,37-38H,6-13,32H2,1-5H3. The molecule has 0 radical (unpaired) electrons. The van der Waals surface area contributed by atoms with Crippen LogP contribution < -0.4 is 21.7 Å². The minimum Gasteiger partial charge on any atom is -0.381 e. The molecule has 4 rings (SSSR count). The molecule has 0 bridgehead atoms. The van der Waals surface area contributed by atoms with E-state index in [0.717, 1.165) is 50.0 Å². The molecule has 0 amide bonds. The molecule has 0 aromatic carbocycles. The third kappa shape index (κ3) is 7.10. The quantitative estimate of drug-likeness (QED) is 0.197. The maximum absolute atomic E-state index is 13.6. The molecule has 1 saturated heterocycles. The smallest absolute Gasteiger partial charge is 0.381 e. The molecule has 0 spiro atoms. The third-order valence-corrected chi connectivity index (χ3v) is 10.8. The summed E-state index contributed by atoms with van der Waals surface area (Å²) in [6, 6.07) is -0.355. The lowest BCUT2D eigenvalue weighted by Crippen LogP contribution is -2.70. The normalized spacial score (nSPS) is 45.2. The highest BCUT2D eigenvalue weighted by Crippen LogP contribution is 2.47. The van der Waals surface area contributed by atoms with E-state index < -0.39 is 30.3 Å². The molecule has 0 aromatic rings. The SMILES string of the molecule is COC1CC2NC(C)NC(NC(C)C3C(N)CC(C(F)(F)F)C3C)C2CC1CC1CCC(C(O)N(C)O)CC1. The van der Waals surface area contributed by atoms with E-state index in [2.05, 4.69) is 22.9 Å². The lowest BCUT2D eigenvalue weighted by Gasteiger charge is -2.51. The fourth-order valence-electron chi connectivity index (χ4n) is 8.74. The van der Waals surface area contributed by atoms with Crippen molar-refractivity contribution in [1.82, 2.24) is 21.0 Å². The second kappa shape index (κ2) is 12.8. The van der Waals surface area contributed by atoms with Crippen molar-refractivity contribution < 1.29 is 28.2 Å². The molecule has 3 saturated carbocycles. The Bertz CT molecular complexity index is 784. The van der Waals surface area contributed by atoms with Gasteiger partial charge in [-0.2, -0.15) is 18.2 Å². The van der Waals surface area contributed by atoms with E-state index in [0.29, 0.717) is 11.8 Å². The van der Waals surface area contributed by atoms with Crippen molar-refractivity contribution in [2.24, 2.45) is 47.2 Å². The van der Waals surface area contributed by atoms with E-state index in [1.165, 1.54) is 7.05 Å². The van der Waals surface area contributed by atoms with Crippen LogP contribution in [0.5, 0.6) is 0 Å². The minimum absolute atomic E-state index is 0.00504. The maximum Gasteiger partial charge on any atom is 0.392 e. The fraction of sp³-hybridized carbons (Fsp3) is 1.00. The summed E-state index contributed by atoms with van der Waals surface area (Å²) >= 11 is 0. The summed E-state index contributed by atoms with van der Waals surface area (Å²) in [7, 11) is 3.29. The number of aliphatic hydroxyl groups excluding tert-OH is 1. The number of hydrogen-bond acceptors (Lipinski definition) is 8. The molecule has 228 valence electrons. The fourth-order valence-corrected chi connectivity index (χ4v) is 8.74. The van der Waals surface area contributed by atoms with Gasteiger partial charge in [0, 0.05) is 44.1 Å². The Morgan fingerprint density at radius 1 is 1.10 bits per heavy atom. The van der Waals surface area contributed by atoms with E-state index in [-0.39, 0.29) is 54.7 Å². The summed E-state index contributed by atoms with van der Waals surface area (Å²) in [5.41, 5.74) is 6.31. The lowest BCUT2D eigenvalue weighted by molar-refractivity contribution is -0.202. The highest BCUT2D eigenvalue weighted by molar-refractivity contribution is 5.03. The maximum atomic E-state index is 13.6. The number of alkyl halides is 3. The van der Waals surface area contributed by atoms with Gasteiger partial charge in [-0.3, -0.25) is 16.0 Å². The molecule has 12 unspecified atom stereocenters. The van der Waals surface area contributed by atoms with Crippen molar-refractivity contribution in [2.45, 2.75) is 121 Å². The van der Waals surface area contributed by atoms with Gasteiger partial charge in [0.25, 0.3) is 0 Å². The number of halogens is 3. The van der Waals surface area contributed by atoms with Gasteiger partial charge in [0.1, 0.15) is 6.23 Å². The molecule has 11 heteroatoms. The summed E-state index contributed by atoms with van der Waals surface area (Å²) in [5.74, 6) is -0.776. The van der Waals surface area contributed by atoms with Gasteiger partial charge in [0.05, 0.1) is 24.4 Å². The third-order valence-electron chi connectivity index (χ3n) is 10.8. The first-order valence-corrected chi connectivity index (χ1v) is 15.0. The van der Waals surface area contributed by atoms with Crippen molar-refractivity contribution in [3.8, 4) is 0 Å². The monoisotopic (exact) mass is 563 g/mol. The van der Waals surface area contributed by atoms with Gasteiger partial charge in [-0.25, -0.2) is 0 Å². The van der Waals surface area contributed by atoms with Gasteiger partial charge in [0.2, 0.25) is 0 Å². The first-order valence-electron chi connectivity index (χ1n) is 15.0. The van der Waals surface area contributed by atoms with Crippen LogP contribution in [0.1, 0.15) is 72.1 Å². The zero-order chi connectivity index (χ0) is 28.6. The van der Waals surface area contributed by atoms with Crippen LogP contribution in [0.25, 0.3) is 0 Å². The van der Waals surface area contributed by atoms with Crippen molar-refractivity contribution in [3.63, 3.8) is 0 Å². The molecule has 12 atom stereocenters. The number of fused-ring (bicyclic) bond motifs is 1. The molecule has 0 aromatic heterocycles. The zero-order valence-electron chi connectivity index (χ0n) is 24.2. The molecule has 1 heterocycles. The van der Waals surface area contributed by atoms with E-state index >= 15 is 0 Å². The number of hydrogen-bond donors (Lipinski definition) is 6. The predicted octanol–water partition coefficient (Wildman–Crippen LogP) is 3.24. The number of rotatable bonds is 8.